The Hall–Kier alpha value is -1.26. The fourth-order valence-electron chi connectivity index (χ4n) is 2.24. The molecule has 0 aliphatic carbocycles. The van der Waals surface area contributed by atoms with E-state index in [-0.39, 0.29) is 11.8 Å². The minimum Gasteiger partial charge on any atom is -0.450 e. The number of piperidine rings is 1. The number of alkyl carbamates (subject to hydrolysis) is 1. The number of nitrogens with one attached hydrogen (secondary N) is 1. The van der Waals surface area contributed by atoms with Gasteiger partial charge in [-0.25, -0.2) is 4.79 Å². The van der Waals surface area contributed by atoms with Crippen LogP contribution in [0.3, 0.4) is 0 Å². The van der Waals surface area contributed by atoms with Gasteiger partial charge < -0.3 is 15.0 Å². The molecule has 5 heteroatoms. The summed E-state index contributed by atoms with van der Waals surface area (Å²) in [6.45, 7) is 9.70. The van der Waals surface area contributed by atoms with Crippen LogP contribution in [-0.2, 0) is 9.53 Å². The molecule has 19 heavy (non-hydrogen) atoms. The van der Waals surface area contributed by atoms with E-state index < -0.39 is 12.1 Å². The van der Waals surface area contributed by atoms with Crippen LogP contribution in [0.1, 0.15) is 40.5 Å². The molecule has 0 aromatic rings. The van der Waals surface area contributed by atoms with Gasteiger partial charge in [-0.3, -0.25) is 4.79 Å². The van der Waals surface area contributed by atoms with Crippen molar-refractivity contribution < 1.29 is 14.3 Å². The second-order valence-electron chi connectivity index (χ2n) is 5.59. The van der Waals surface area contributed by atoms with Crippen LogP contribution in [-0.4, -0.2) is 42.6 Å². The molecule has 1 fully saturated rings. The zero-order valence-corrected chi connectivity index (χ0v) is 12.4. The van der Waals surface area contributed by atoms with Crippen LogP contribution in [0.4, 0.5) is 4.79 Å². The van der Waals surface area contributed by atoms with Crippen molar-refractivity contribution in [2.24, 2.45) is 11.8 Å². The lowest BCUT2D eigenvalue weighted by Gasteiger charge is -2.34. The second-order valence-corrected chi connectivity index (χ2v) is 5.59. The Balaban J connectivity index is 2.60. The highest BCUT2D eigenvalue weighted by molar-refractivity contribution is 5.86. The molecule has 1 rings (SSSR count). The van der Waals surface area contributed by atoms with Gasteiger partial charge in [-0.15, -0.1) is 0 Å². The number of hydrogen-bond donors (Lipinski definition) is 1. The smallest absolute Gasteiger partial charge is 0.407 e. The van der Waals surface area contributed by atoms with Crippen molar-refractivity contribution in [3.05, 3.63) is 0 Å². The molecule has 1 aliphatic heterocycles. The molecule has 0 spiro atoms. The van der Waals surface area contributed by atoms with E-state index in [4.69, 9.17) is 4.74 Å². The van der Waals surface area contributed by atoms with Gasteiger partial charge in [0.05, 0.1) is 6.61 Å². The van der Waals surface area contributed by atoms with Crippen molar-refractivity contribution in [1.82, 2.24) is 10.2 Å². The average molecular weight is 270 g/mol. The highest BCUT2D eigenvalue weighted by Crippen LogP contribution is 2.18. The summed E-state index contributed by atoms with van der Waals surface area (Å²) in [6.07, 6.45) is 1.56. The minimum absolute atomic E-state index is 0.00922. The molecule has 1 N–H and O–H groups in total. The van der Waals surface area contributed by atoms with Gasteiger partial charge in [-0.05, 0) is 31.6 Å². The van der Waals surface area contributed by atoms with Crippen molar-refractivity contribution in [3.8, 4) is 0 Å². The average Bonchev–Trinajstić information content (AvgIpc) is 2.36. The highest BCUT2D eigenvalue weighted by atomic mass is 16.5. The monoisotopic (exact) mass is 270 g/mol. The summed E-state index contributed by atoms with van der Waals surface area (Å²) < 4.78 is 4.86. The summed E-state index contributed by atoms with van der Waals surface area (Å²) >= 11 is 0. The number of amides is 2. The maximum absolute atomic E-state index is 12.4. The molecule has 2 amide bonds. The molecule has 1 heterocycles. The Morgan fingerprint density at radius 2 is 1.89 bits per heavy atom. The quantitative estimate of drug-likeness (QED) is 0.850. The van der Waals surface area contributed by atoms with E-state index in [0.29, 0.717) is 12.5 Å². The summed E-state index contributed by atoms with van der Waals surface area (Å²) in [4.78, 5) is 25.8. The summed E-state index contributed by atoms with van der Waals surface area (Å²) in [5.74, 6) is 0.741. The largest absolute Gasteiger partial charge is 0.450 e. The number of nitrogens with zero attached hydrogens (tertiary/aromatic N) is 1. The normalized spacial score (nSPS) is 18.3. The molecule has 1 aliphatic rings. The molecule has 110 valence electrons. The maximum Gasteiger partial charge on any atom is 0.407 e. The maximum atomic E-state index is 12.4. The fraction of sp³-hybridized carbons (Fsp3) is 0.857. The fourth-order valence-corrected chi connectivity index (χ4v) is 2.24. The lowest BCUT2D eigenvalue weighted by Crippen LogP contribution is -2.53. The number of hydrogen-bond acceptors (Lipinski definition) is 3. The third-order valence-electron chi connectivity index (χ3n) is 3.58. The van der Waals surface area contributed by atoms with E-state index in [2.05, 4.69) is 12.2 Å². The zero-order valence-electron chi connectivity index (χ0n) is 12.4. The zero-order chi connectivity index (χ0) is 14.4. The Morgan fingerprint density at radius 3 is 2.37 bits per heavy atom. The van der Waals surface area contributed by atoms with Gasteiger partial charge >= 0.3 is 6.09 Å². The van der Waals surface area contributed by atoms with Crippen molar-refractivity contribution in [2.75, 3.05) is 19.7 Å². The van der Waals surface area contributed by atoms with E-state index in [1.54, 1.807) is 6.92 Å². The van der Waals surface area contributed by atoms with E-state index in [0.717, 1.165) is 25.9 Å². The van der Waals surface area contributed by atoms with Crippen LogP contribution in [0.2, 0.25) is 0 Å². The number of likely N-dealkylation sites (tertiary alicyclic amines) is 1. The van der Waals surface area contributed by atoms with Crippen LogP contribution >= 0.6 is 0 Å². The van der Waals surface area contributed by atoms with E-state index in [1.807, 2.05) is 18.7 Å². The van der Waals surface area contributed by atoms with Gasteiger partial charge in [0.2, 0.25) is 5.91 Å². The molecule has 0 aromatic heterocycles. The summed E-state index contributed by atoms with van der Waals surface area (Å²) in [5.41, 5.74) is 0. The predicted molar refractivity (Wildman–Crippen MR) is 73.8 cm³/mol. The van der Waals surface area contributed by atoms with E-state index in [9.17, 15) is 9.59 Å². The van der Waals surface area contributed by atoms with Gasteiger partial charge in [0.1, 0.15) is 6.04 Å². The minimum atomic E-state index is -0.514. The molecular formula is C14H26N2O3. The number of ether oxygens (including phenoxy) is 1. The Morgan fingerprint density at radius 1 is 1.32 bits per heavy atom. The second kappa shape index (κ2) is 7.36. The van der Waals surface area contributed by atoms with Crippen molar-refractivity contribution in [3.63, 3.8) is 0 Å². The predicted octanol–water partition coefficient (Wildman–Crippen LogP) is 2.02. The third-order valence-corrected chi connectivity index (χ3v) is 3.58. The van der Waals surface area contributed by atoms with Crippen LogP contribution in [0.15, 0.2) is 0 Å². The first kappa shape index (κ1) is 15.8. The Bertz CT molecular complexity index is 310. The first-order chi connectivity index (χ1) is 8.95. The molecule has 0 bridgehead atoms. The van der Waals surface area contributed by atoms with Crippen molar-refractivity contribution in [2.45, 2.75) is 46.6 Å². The van der Waals surface area contributed by atoms with Gasteiger partial charge in [0, 0.05) is 13.1 Å². The summed E-state index contributed by atoms with van der Waals surface area (Å²) in [7, 11) is 0. The first-order valence-electron chi connectivity index (χ1n) is 7.17. The third kappa shape index (κ3) is 4.73. The number of rotatable bonds is 4. The number of carbonyl (C=O) groups is 2. The lowest BCUT2D eigenvalue weighted by atomic mass is 9.97. The SMILES string of the molecule is CCOC(=O)NC(C(=O)N1CCC(C)CC1)C(C)C. The lowest BCUT2D eigenvalue weighted by molar-refractivity contribution is -0.135. The Kier molecular flexibility index (Phi) is 6.12. The summed E-state index contributed by atoms with van der Waals surface area (Å²) in [6, 6.07) is -0.493. The summed E-state index contributed by atoms with van der Waals surface area (Å²) in [5, 5.41) is 2.67. The van der Waals surface area contributed by atoms with Crippen molar-refractivity contribution >= 4 is 12.0 Å². The molecule has 0 radical (unpaired) electrons. The molecule has 1 unspecified atom stereocenters. The van der Waals surface area contributed by atoms with Crippen molar-refractivity contribution in [1.29, 1.82) is 0 Å². The van der Waals surface area contributed by atoms with Crippen LogP contribution < -0.4 is 5.32 Å². The molecule has 1 atom stereocenters. The molecule has 5 nitrogen and oxygen atoms in total. The van der Waals surface area contributed by atoms with Gasteiger partial charge in [0.15, 0.2) is 0 Å². The molecule has 0 saturated carbocycles. The number of carbonyl (C=O) groups excluding carboxylic acids is 2. The van der Waals surface area contributed by atoms with Crippen LogP contribution in [0.25, 0.3) is 0 Å². The Labute approximate surface area is 115 Å². The van der Waals surface area contributed by atoms with Crippen LogP contribution in [0, 0.1) is 11.8 Å². The van der Waals surface area contributed by atoms with E-state index in [1.165, 1.54) is 0 Å². The highest BCUT2D eigenvalue weighted by Gasteiger charge is 2.30. The van der Waals surface area contributed by atoms with Gasteiger partial charge in [0.25, 0.3) is 0 Å². The van der Waals surface area contributed by atoms with Gasteiger partial charge in [-0.1, -0.05) is 20.8 Å². The van der Waals surface area contributed by atoms with Crippen LogP contribution in [0.5, 0.6) is 0 Å². The first-order valence-corrected chi connectivity index (χ1v) is 7.17. The van der Waals surface area contributed by atoms with E-state index >= 15 is 0 Å². The topological polar surface area (TPSA) is 58.6 Å². The van der Waals surface area contributed by atoms with Gasteiger partial charge in [-0.2, -0.15) is 0 Å². The molecular weight excluding hydrogens is 244 g/mol. The standard InChI is InChI=1S/C14H26N2O3/c1-5-19-14(18)15-12(10(2)3)13(17)16-8-6-11(4)7-9-16/h10-12H,5-9H2,1-4H3,(H,15,18). The molecule has 1 saturated heterocycles. The molecule has 0 aromatic carbocycles.